The standard InChI is InChI=1S/C55H32O3/c1-4-16-47-41(10-1)53-37(13-7-19-50(53)56-47)34-24-22-32-28-33-23-25-35(38-14-8-20-51-54(38)42-11-2-5-17-48(42)57-51)30-45(33)46-31-36(26-27-40(46)44(32)29-34)39-15-9-21-52-55(39)43-12-3-6-18-49(43)58-52/h1-27,29-31H,28H2. The molecule has 0 amide bonds. The molecule has 0 aliphatic heterocycles. The predicted octanol–water partition coefficient (Wildman–Crippen LogP) is 15.6. The number of fused-ring (bicyclic) bond motifs is 14. The van der Waals surface area contributed by atoms with Gasteiger partial charge >= 0.3 is 0 Å². The molecule has 0 N–H and O–H groups in total. The van der Waals surface area contributed by atoms with Gasteiger partial charge in [-0.2, -0.15) is 0 Å². The normalized spacial score (nSPS) is 12.4. The molecule has 0 spiro atoms. The van der Waals surface area contributed by atoms with Crippen LogP contribution in [0.3, 0.4) is 0 Å². The van der Waals surface area contributed by atoms with Crippen LogP contribution < -0.4 is 0 Å². The Morgan fingerprint density at radius 1 is 0.259 bits per heavy atom. The second kappa shape index (κ2) is 11.9. The maximum absolute atomic E-state index is 6.37. The highest BCUT2D eigenvalue weighted by Gasteiger charge is 2.24. The molecule has 3 heteroatoms. The van der Waals surface area contributed by atoms with E-state index >= 15 is 0 Å². The van der Waals surface area contributed by atoms with Crippen LogP contribution in [0.4, 0.5) is 0 Å². The summed E-state index contributed by atoms with van der Waals surface area (Å²) in [6.45, 7) is 0. The molecule has 0 atom stereocenters. The number of rotatable bonds is 3. The Morgan fingerprint density at radius 3 is 1.07 bits per heavy atom. The highest BCUT2D eigenvalue weighted by atomic mass is 16.3. The van der Waals surface area contributed by atoms with Gasteiger partial charge in [0.2, 0.25) is 0 Å². The summed E-state index contributed by atoms with van der Waals surface area (Å²) in [6, 6.07) is 65.4. The molecular formula is C55H32O3. The van der Waals surface area contributed by atoms with E-state index in [0.29, 0.717) is 0 Å². The summed E-state index contributed by atoms with van der Waals surface area (Å²) in [5, 5.41) is 6.83. The third-order valence-electron chi connectivity index (χ3n) is 12.3. The van der Waals surface area contributed by atoms with Crippen molar-refractivity contribution < 1.29 is 13.3 Å². The fourth-order valence-corrected chi connectivity index (χ4v) is 9.72. The van der Waals surface area contributed by atoms with Crippen LogP contribution in [0.15, 0.2) is 195 Å². The zero-order valence-electron chi connectivity index (χ0n) is 31.3. The molecule has 9 aromatic carbocycles. The first-order valence-electron chi connectivity index (χ1n) is 19.9. The summed E-state index contributed by atoms with van der Waals surface area (Å²) in [6.07, 6.45) is 0.814. The molecule has 1 aliphatic rings. The average molecular weight is 741 g/mol. The molecule has 12 aromatic rings. The predicted molar refractivity (Wildman–Crippen MR) is 238 cm³/mol. The minimum Gasteiger partial charge on any atom is -0.456 e. The maximum Gasteiger partial charge on any atom is 0.136 e. The first-order chi connectivity index (χ1) is 28.7. The van der Waals surface area contributed by atoms with Crippen LogP contribution in [0.1, 0.15) is 11.1 Å². The van der Waals surface area contributed by atoms with E-state index in [-0.39, 0.29) is 0 Å². The Labute approximate surface area is 333 Å². The third kappa shape index (κ3) is 4.56. The topological polar surface area (TPSA) is 39.4 Å². The van der Waals surface area contributed by atoms with E-state index in [2.05, 4.69) is 164 Å². The largest absolute Gasteiger partial charge is 0.456 e. The summed E-state index contributed by atoms with van der Waals surface area (Å²) >= 11 is 0. The molecule has 0 saturated carbocycles. The van der Waals surface area contributed by atoms with Crippen LogP contribution in [0.5, 0.6) is 0 Å². The van der Waals surface area contributed by atoms with Crippen LogP contribution in [-0.4, -0.2) is 0 Å². The molecule has 13 rings (SSSR count). The molecule has 3 heterocycles. The van der Waals surface area contributed by atoms with Gasteiger partial charge in [0.05, 0.1) is 0 Å². The first-order valence-corrected chi connectivity index (χ1v) is 19.9. The molecule has 0 saturated heterocycles. The molecular weight excluding hydrogens is 709 g/mol. The molecule has 3 nitrogen and oxygen atoms in total. The Hall–Kier alpha value is -7.62. The van der Waals surface area contributed by atoms with Crippen LogP contribution in [0.25, 0.3) is 121 Å². The summed E-state index contributed by atoms with van der Waals surface area (Å²) in [7, 11) is 0. The van der Waals surface area contributed by atoms with Crippen molar-refractivity contribution in [2.24, 2.45) is 0 Å². The minimum absolute atomic E-state index is 0.814. The number of furan rings is 3. The van der Waals surface area contributed by atoms with Gasteiger partial charge in [-0.05, 0) is 128 Å². The highest BCUT2D eigenvalue weighted by Crippen LogP contribution is 2.48. The first kappa shape index (κ1) is 31.6. The van der Waals surface area contributed by atoms with E-state index in [0.717, 1.165) is 83.4 Å². The van der Waals surface area contributed by atoms with Crippen molar-refractivity contribution in [3.8, 4) is 55.6 Å². The van der Waals surface area contributed by atoms with Gasteiger partial charge in [-0.1, -0.05) is 127 Å². The molecule has 0 fully saturated rings. The maximum atomic E-state index is 6.37. The summed E-state index contributed by atoms with van der Waals surface area (Å²) in [4.78, 5) is 0. The van der Waals surface area contributed by atoms with Gasteiger partial charge in [0.1, 0.15) is 33.5 Å². The van der Waals surface area contributed by atoms with Crippen molar-refractivity contribution in [2.45, 2.75) is 6.42 Å². The molecule has 0 radical (unpaired) electrons. The number of benzene rings is 9. The number of hydrogen-bond acceptors (Lipinski definition) is 3. The summed E-state index contributed by atoms with van der Waals surface area (Å²) in [5.74, 6) is 0. The molecule has 58 heavy (non-hydrogen) atoms. The van der Waals surface area contributed by atoms with E-state index in [1.54, 1.807) is 0 Å². The van der Waals surface area contributed by atoms with Gasteiger partial charge in [-0.15, -0.1) is 0 Å². The van der Waals surface area contributed by atoms with Gasteiger partial charge in [-0.25, -0.2) is 0 Å². The fourth-order valence-electron chi connectivity index (χ4n) is 9.72. The quantitative estimate of drug-likeness (QED) is 0.181. The molecule has 3 aromatic heterocycles. The van der Waals surface area contributed by atoms with E-state index in [9.17, 15) is 0 Å². The number of para-hydroxylation sites is 3. The molecule has 1 aliphatic carbocycles. The highest BCUT2D eigenvalue weighted by molar-refractivity contribution is 6.15. The average Bonchev–Trinajstić information content (AvgIpc) is 3.95. The van der Waals surface area contributed by atoms with Crippen molar-refractivity contribution in [1.82, 2.24) is 0 Å². The SMILES string of the molecule is c1ccc2c(c1)oc1cccc(-c3ccc4c(c3)-c3ccc(-c5cccc6oc7ccccc7c56)cc3-c3cc(-c5cccc6oc7ccccc7c56)ccc3C4)c12. The van der Waals surface area contributed by atoms with E-state index < -0.39 is 0 Å². The van der Waals surface area contributed by atoms with Gasteiger partial charge < -0.3 is 13.3 Å². The number of hydrogen-bond donors (Lipinski definition) is 0. The minimum atomic E-state index is 0.814. The summed E-state index contributed by atoms with van der Waals surface area (Å²) in [5.41, 5.74) is 19.9. The zero-order chi connectivity index (χ0) is 37.9. The Kier molecular flexibility index (Phi) is 6.50. The van der Waals surface area contributed by atoms with Gasteiger partial charge in [0, 0.05) is 32.3 Å². The van der Waals surface area contributed by atoms with Crippen LogP contribution in [0, 0.1) is 0 Å². The molecule has 0 bridgehead atoms. The lowest BCUT2D eigenvalue weighted by molar-refractivity contribution is 0.668. The second-order valence-corrected chi connectivity index (χ2v) is 15.5. The van der Waals surface area contributed by atoms with Gasteiger partial charge in [-0.3, -0.25) is 0 Å². The van der Waals surface area contributed by atoms with Crippen molar-refractivity contribution in [3.63, 3.8) is 0 Å². The lowest BCUT2D eigenvalue weighted by Crippen LogP contribution is -1.92. The van der Waals surface area contributed by atoms with Crippen molar-refractivity contribution >= 4 is 65.8 Å². The van der Waals surface area contributed by atoms with Crippen molar-refractivity contribution in [1.29, 1.82) is 0 Å². The van der Waals surface area contributed by atoms with Gasteiger partial charge in [0.15, 0.2) is 0 Å². The van der Waals surface area contributed by atoms with E-state index in [1.165, 1.54) is 55.6 Å². The third-order valence-corrected chi connectivity index (χ3v) is 12.3. The Bertz CT molecular complexity index is 3670. The fraction of sp³-hybridized carbons (Fsp3) is 0.0182. The van der Waals surface area contributed by atoms with Crippen LogP contribution in [-0.2, 0) is 6.42 Å². The zero-order valence-corrected chi connectivity index (χ0v) is 31.3. The van der Waals surface area contributed by atoms with Gasteiger partial charge in [0.25, 0.3) is 0 Å². The van der Waals surface area contributed by atoms with E-state index in [1.807, 2.05) is 18.2 Å². The Balaban J connectivity index is 1.06. The molecule has 0 unspecified atom stereocenters. The van der Waals surface area contributed by atoms with Crippen LogP contribution in [0.2, 0.25) is 0 Å². The lowest BCUT2D eigenvalue weighted by Gasteiger charge is -2.16. The monoisotopic (exact) mass is 740 g/mol. The molecule has 270 valence electrons. The van der Waals surface area contributed by atoms with Crippen molar-refractivity contribution in [3.05, 3.63) is 193 Å². The Morgan fingerprint density at radius 2 is 0.621 bits per heavy atom. The van der Waals surface area contributed by atoms with Crippen molar-refractivity contribution in [2.75, 3.05) is 0 Å². The van der Waals surface area contributed by atoms with Crippen LogP contribution >= 0.6 is 0 Å². The smallest absolute Gasteiger partial charge is 0.136 e. The van der Waals surface area contributed by atoms with E-state index in [4.69, 9.17) is 13.3 Å². The summed E-state index contributed by atoms with van der Waals surface area (Å²) < 4.78 is 19.0. The second-order valence-electron chi connectivity index (χ2n) is 15.5. The lowest BCUT2D eigenvalue weighted by atomic mass is 9.87.